The molecule has 0 fully saturated rings. The minimum absolute atomic E-state index is 0.371. The molecule has 72 valence electrons. The molecule has 0 amide bonds. The summed E-state index contributed by atoms with van der Waals surface area (Å²) in [4.78, 5) is 3.30. The molecule has 13 heavy (non-hydrogen) atoms. The maximum atomic E-state index is 5.53. The van der Waals surface area contributed by atoms with Gasteiger partial charge in [0.2, 0.25) is 0 Å². The molecule has 0 aliphatic rings. The highest BCUT2D eigenvalue weighted by atomic mass is 32.1. The van der Waals surface area contributed by atoms with Crippen LogP contribution < -0.4 is 5.73 Å². The van der Waals surface area contributed by atoms with Crippen LogP contribution in [0.3, 0.4) is 0 Å². The van der Waals surface area contributed by atoms with Gasteiger partial charge in [-0.15, -0.1) is 11.3 Å². The van der Waals surface area contributed by atoms with Crippen LogP contribution in [0.2, 0.25) is 0 Å². The minimum Gasteiger partial charge on any atom is -0.376 e. The molecule has 0 aromatic carbocycles. The molecular formula is C9H14N2S2. The van der Waals surface area contributed by atoms with Crippen LogP contribution in [-0.4, -0.2) is 23.1 Å². The van der Waals surface area contributed by atoms with Crippen LogP contribution in [0.15, 0.2) is 17.5 Å². The molecule has 0 radical (unpaired) electrons. The Morgan fingerprint density at radius 3 is 2.92 bits per heavy atom. The summed E-state index contributed by atoms with van der Waals surface area (Å²) in [5.74, 6) is 0. The van der Waals surface area contributed by atoms with Crippen molar-refractivity contribution in [3.05, 3.63) is 22.4 Å². The van der Waals surface area contributed by atoms with Gasteiger partial charge in [0.15, 0.2) is 5.11 Å². The fourth-order valence-corrected chi connectivity index (χ4v) is 2.08. The van der Waals surface area contributed by atoms with Gasteiger partial charge in [-0.25, -0.2) is 0 Å². The highest BCUT2D eigenvalue weighted by Gasteiger charge is 2.10. The monoisotopic (exact) mass is 214 g/mol. The Kier molecular flexibility index (Phi) is 3.69. The molecule has 1 atom stereocenters. The fraction of sp³-hybridized carbons (Fsp3) is 0.444. The lowest BCUT2D eigenvalue weighted by Gasteiger charge is -2.24. The normalized spacial score (nSPS) is 12.5. The Morgan fingerprint density at radius 2 is 2.46 bits per heavy atom. The summed E-state index contributed by atoms with van der Waals surface area (Å²) < 4.78 is 0. The van der Waals surface area contributed by atoms with Gasteiger partial charge in [-0.1, -0.05) is 6.07 Å². The Hall–Kier alpha value is -0.610. The molecule has 1 heterocycles. The molecule has 0 bridgehead atoms. The van der Waals surface area contributed by atoms with Crippen LogP contribution in [0, 0.1) is 0 Å². The quantitative estimate of drug-likeness (QED) is 0.779. The standard InChI is InChI=1S/C9H14N2S2/c1-7(11(2)9(10)12)6-8-4-3-5-13-8/h3-5,7H,6H2,1-2H3,(H2,10,12). The van der Waals surface area contributed by atoms with E-state index in [0.717, 1.165) is 6.42 Å². The van der Waals surface area contributed by atoms with Crippen molar-refractivity contribution in [2.24, 2.45) is 5.73 Å². The molecule has 1 aromatic heterocycles. The Labute approximate surface area is 88.4 Å². The zero-order valence-corrected chi connectivity index (χ0v) is 9.49. The van der Waals surface area contributed by atoms with Gasteiger partial charge in [-0.05, 0) is 30.6 Å². The predicted molar refractivity (Wildman–Crippen MR) is 62.0 cm³/mol. The Morgan fingerprint density at radius 1 is 1.77 bits per heavy atom. The average molecular weight is 214 g/mol. The van der Waals surface area contributed by atoms with Crippen molar-refractivity contribution in [1.82, 2.24) is 4.90 Å². The van der Waals surface area contributed by atoms with Crippen molar-refractivity contribution in [2.45, 2.75) is 19.4 Å². The van der Waals surface area contributed by atoms with Crippen LogP contribution in [-0.2, 0) is 6.42 Å². The number of thiophene rings is 1. The molecular weight excluding hydrogens is 200 g/mol. The summed E-state index contributed by atoms with van der Waals surface area (Å²) in [5, 5.41) is 2.55. The van der Waals surface area contributed by atoms with Crippen LogP contribution in [0.4, 0.5) is 0 Å². The summed E-state index contributed by atoms with van der Waals surface area (Å²) in [6.07, 6.45) is 1.01. The van der Waals surface area contributed by atoms with Crippen molar-refractivity contribution in [3.8, 4) is 0 Å². The van der Waals surface area contributed by atoms with Gasteiger partial charge in [0.1, 0.15) is 0 Å². The second kappa shape index (κ2) is 4.58. The first kappa shape index (κ1) is 10.5. The first-order chi connectivity index (χ1) is 6.11. The second-order valence-corrected chi connectivity index (χ2v) is 4.53. The fourth-order valence-electron chi connectivity index (χ4n) is 1.07. The third-order valence-electron chi connectivity index (χ3n) is 2.09. The first-order valence-electron chi connectivity index (χ1n) is 4.16. The van der Waals surface area contributed by atoms with E-state index in [2.05, 4.69) is 24.4 Å². The first-order valence-corrected chi connectivity index (χ1v) is 5.44. The molecule has 0 saturated heterocycles. The van der Waals surface area contributed by atoms with E-state index in [0.29, 0.717) is 11.2 Å². The summed E-state index contributed by atoms with van der Waals surface area (Å²) >= 11 is 6.67. The molecule has 1 unspecified atom stereocenters. The minimum atomic E-state index is 0.371. The number of nitrogens with two attached hydrogens (primary N) is 1. The molecule has 0 spiro atoms. The topological polar surface area (TPSA) is 29.3 Å². The molecule has 0 aliphatic carbocycles. The van der Waals surface area contributed by atoms with E-state index in [-0.39, 0.29) is 0 Å². The van der Waals surface area contributed by atoms with Crippen LogP contribution in [0.25, 0.3) is 0 Å². The Balaban J connectivity index is 2.50. The van der Waals surface area contributed by atoms with E-state index in [4.69, 9.17) is 18.0 Å². The van der Waals surface area contributed by atoms with Crippen molar-refractivity contribution in [1.29, 1.82) is 0 Å². The number of likely N-dealkylation sites (N-methyl/N-ethyl adjacent to an activating group) is 1. The van der Waals surface area contributed by atoms with Gasteiger partial charge in [0.25, 0.3) is 0 Å². The molecule has 1 aromatic rings. The highest BCUT2D eigenvalue weighted by molar-refractivity contribution is 7.80. The van der Waals surface area contributed by atoms with Crippen molar-refractivity contribution in [2.75, 3.05) is 7.05 Å². The maximum Gasteiger partial charge on any atom is 0.166 e. The van der Waals surface area contributed by atoms with E-state index in [1.165, 1.54) is 4.88 Å². The van der Waals surface area contributed by atoms with Gasteiger partial charge >= 0.3 is 0 Å². The van der Waals surface area contributed by atoms with Gasteiger partial charge in [0, 0.05) is 24.4 Å². The third kappa shape index (κ3) is 2.97. The number of hydrogen-bond donors (Lipinski definition) is 1. The zero-order valence-electron chi connectivity index (χ0n) is 7.86. The smallest absolute Gasteiger partial charge is 0.166 e. The van der Waals surface area contributed by atoms with Crippen LogP contribution in [0.1, 0.15) is 11.8 Å². The summed E-state index contributed by atoms with van der Waals surface area (Å²) in [6.45, 7) is 2.12. The average Bonchev–Trinajstić information content (AvgIpc) is 2.55. The molecule has 0 saturated carbocycles. The van der Waals surface area contributed by atoms with E-state index in [9.17, 15) is 0 Å². The SMILES string of the molecule is CC(Cc1cccs1)N(C)C(N)=S. The van der Waals surface area contributed by atoms with Gasteiger partial charge in [-0.2, -0.15) is 0 Å². The Bertz CT molecular complexity index is 269. The maximum absolute atomic E-state index is 5.53. The van der Waals surface area contributed by atoms with Gasteiger partial charge in [0.05, 0.1) is 0 Å². The second-order valence-electron chi connectivity index (χ2n) is 3.08. The van der Waals surface area contributed by atoms with Crippen molar-refractivity contribution in [3.63, 3.8) is 0 Å². The lowest BCUT2D eigenvalue weighted by atomic mass is 10.2. The molecule has 1 rings (SSSR count). The third-order valence-corrected chi connectivity index (χ3v) is 3.27. The molecule has 2 N–H and O–H groups in total. The molecule has 4 heteroatoms. The van der Waals surface area contributed by atoms with E-state index in [1.807, 2.05) is 11.9 Å². The van der Waals surface area contributed by atoms with Gasteiger partial charge < -0.3 is 10.6 Å². The van der Waals surface area contributed by atoms with Crippen LogP contribution >= 0.6 is 23.6 Å². The predicted octanol–water partition coefficient (Wildman–Crippen LogP) is 1.85. The summed E-state index contributed by atoms with van der Waals surface area (Å²) in [5.41, 5.74) is 5.53. The van der Waals surface area contributed by atoms with E-state index in [1.54, 1.807) is 11.3 Å². The lowest BCUT2D eigenvalue weighted by molar-refractivity contribution is 0.392. The van der Waals surface area contributed by atoms with Gasteiger partial charge in [-0.3, -0.25) is 0 Å². The lowest BCUT2D eigenvalue weighted by Crippen LogP contribution is -2.39. The number of thiocarbonyl (C=S) groups is 1. The number of hydrogen-bond acceptors (Lipinski definition) is 2. The number of nitrogens with zero attached hydrogens (tertiary/aromatic N) is 1. The van der Waals surface area contributed by atoms with Crippen molar-refractivity contribution < 1.29 is 0 Å². The molecule has 0 aliphatic heterocycles. The van der Waals surface area contributed by atoms with E-state index >= 15 is 0 Å². The van der Waals surface area contributed by atoms with Crippen LogP contribution in [0.5, 0.6) is 0 Å². The van der Waals surface area contributed by atoms with E-state index < -0.39 is 0 Å². The zero-order chi connectivity index (χ0) is 9.84. The number of rotatable bonds is 3. The summed E-state index contributed by atoms with van der Waals surface area (Å²) in [6, 6.07) is 4.57. The largest absolute Gasteiger partial charge is 0.376 e. The summed E-state index contributed by atoms with van der Waals surface area (Å²) in [7, 11) is 1.93. The van der Waals surface area contributed by atoms with Crippen molar-refractivity contribution >= 4 is 28.7 Å². The molecule has 2 nitrogen and oxygen atoms in total. The highest BCUT2D eigenvalue weighted by Crippen LogP contribution is 2.13.